The summed E-state index contributed by atoms with van der Waals surface area (Å²) in [5.74, 6) is -1.05. The molecule has 0 aromatic heterocycles. The van der Waals surface area contributed by atoms with Gasteiger partial charge in [0.25, 0.3) is 11.6 Å². The third-order valence-electron chi connectivity index (χ3n) is 3.69. The number of amides is 1. The number of carbonyl (C=O) groups is 1. The molecule has 130 valence electrons. The molecule has 0 aliphatic heterocycles. The second kappa shape index (κ2) is 6.89. The van der Waals surface area contributed by atoms with Crippen molar-refractivity contribution >= 4 is 28.6 Å². The lowest BCUT2D eigenvalue weighted by atomic mass is 10.1. The Bertz CT molecular complexity index is 1050. The standard InChI is InChI=1S/C18H13N3O5/c22-14-5-6-16(21(25)26)13(7-14)10-19-20-18(24)15-8-11-3-1-2-4-12(11)9-17(15)23/h1-10,22-23H,(H,20,24)/b19-10-. The van der Waals surface area contributed by atoms with Crippen LogP contribution in [0.5, 0.6) is 11.5 Å². The number of nitrogens with zero attached hydrogens (tertiary/aromatic N) is 2. The van der Waals surface area contributed by atoms with Crippen molar-refractivity contribution in [1.29, 1.82) is 0 Å². The normalized spacial score (nSPS) is 10.9. The molecule has 8 nitrogen and oxygen atoms in total. The van der Waals surface area contributed by atoms with Crippen LogP contribution in [-0.2, 0) is 0 Å². The average molecular weight is 351 g/mol. The molecule has 1 amide bonds. The summed E-state index contributed by atoms with van der Waals surface area (Å²) >= 11 is 0. The number of phenols is 2. The molecule has 0 bridgehead atoms. The predicted octanol–water partition coefficient (Wildman–Crippen LogP) is 2.92. The number of nitro benzene ring substituents is 1. The Labute approximate surface area is 147 Å². The molecule has 0 saturated carbocycles. The number of hydrogen-bond donors (Lipinski definition) is 3. The molecule has 0 atom stereocenters. The zero-order valence-corrected chi connectivity index (χ0v) is 13.3. The highest BCUT2D eigenvalue weighted by atomic mass is 16.6. The summed E-state index contributed by atoms with van der Waals surface area (Å²) in [6, 6.07) is 13.7. The van der Waals surface area contributed by atoms with E-state index in [0.717, 1.165) is 29.1 Å². The highest BCUT2D eigenvalue weighted by Gasteiger charge is 2.14. The van der Waals surface area contributed by atoms with Crippen molar-refractivity contribution in [2.24, 2.45) is 5.10 Å². The molecule has 0 spiro atoms. The van der Waals surface area contributed by atoms with Gasteiger partial charge in [0, 0.05) is 6.07 Å². The molecule has 0 fully saturated rings. The van der Waals surface area contributed by atoms with Gasteiger partial charge in [-0.25, -0.2) is 5.43 Å². The number of carbonyl (C=O) groups excluding carboxylic acids is 1. The number of nitrogens with one attached hydrogen (secondary N) is 1. The lowest BCUT2D eigenvalue weighted by Gasteiger charge is -2.05. The maximum absolute atomic E-state index is 12.2. The van der Waals surface area contributed by atoms with E-state index in [1.54, 1.807) is 18.2 Å². The van der Waals surface area contributed by atoms with Crippen LogP contribution in [0, 0.1) is 10.1 Å². The Balaban J connectivity index is 1.83. The highest BCUT2D eigenvalue weighted by Crippen LogP contribution is 2.25. The number of hydrazone groups is 1. The van der Waals surface area contributed by atoms with E-state index in [4.69, 9.17) is 0 Å². The molecule has 3 rings (SSSR count). The number of rotatable bonds is 4. The summed E-state index contributed by atoms with van der Waals surface area (Å²) in [4.78, 5) is 22.6. The molecule has 8 heteroatoms. The van der Waals surface area contributed by atoms with Crippen molar-refractivity contribution in [3.05, 3.63) is 75.8 Å². The molecule has 0 radical (unpaired) electrons. The maximum Gasteiger partial charge on any atom is 0.278 e. The van der Waals surface area contributed by atoms with Crippen LogP contribution in [0.2, 0.25) is 0 Å². The molecule has 3 N–H and O–H groups in total. The molecule has 0 heterocycles. The first-order chi connectivity index (χ1) is 12.5. The number of nitro groups is 1. The van der Waals surface area contributed by atoms with E-state index in [1.807, 2.05) is 6.07 Å². The van der Waals surface area contributed by atoms with Gasteiger partial charge in [-0.05, 0) is 35.0 Å². The van der Waals surface area contributed by atoms with Crippen LogP contribution in [0.3, 0.4) is 0 Å². The predicted molar refractivity (Wildman–Crippen MR) is 95.4 cm³/mol. The summed E-state index contributed by atoms with van der Waals surface area (Å²) < 4.78 is 0. The molecule has 0 aliphatic carbocycles. The topological polar surface area (TPSA) is 125 Å². The number of fused-ring (bicyclic) bond motifs is 1. The molecule has 0 saturated heterocycles. The number of hydrogen-bond acceptors (Lipinski definition) is 6. The Hall–Kier alpha value is -3.94. The van der Waals surface area contributed by atoms with E-state index in [-0.39, 0.29) is 28.3 Å². The van der Waals surface area contributed by atoms with E-state index >= 15 is 0 Å². The van der Waals surface area contributed by atoms with Gasteiger partial charge in [0.15, 0.2) is 0 Å². The molecule has 3 aromatic rings. The van der Waals surface area contributed by atoms with Gasteiger partial charge in [0.1, 0.15) is 11.5 Å². The highest BCUT2D eigenvalue weighted by molar-refractivity contribution is 6.01. The SMILES string of the molecule is O=C(N/N=C\c1cc(O)ccc1[N+](=O)[O-])c1cc2ccccc2cc1O. The number of aromatic hydroxyl groups is 2. The van der Waals surface area contributed by atoms with E-state index in [1.165, 1.54) is 18.2 Å². The smallest absolute Gasteiger partial charge is 0.278 e. The monoisotopic (exact) mass is 351 g/mol. The third-order valence-corrected chi connectivity index (χ3v) is 3.69. The zero-order chi connectivity index (χ0) is 18.7. The van der Waals surface area contributed by atoms with Gasteiger partial charge in [0.2, 0.25) is 0 Å². The van der Waals surface area contributed by atoms with Crippen LogP contribution in [0.4, 0.5) is 5.69 Å². The Morgan fingerprint density at radius 3 is 2.46 bits per heavy atom. The van der Waals surface area contributed by atoms with Gasteiger partial charge < -0.3 is 10.2 Å². The minimum Gasteiger partial charge on any atom is -0.508 e. The second-order valence-corrected chi connectivity index (χ2v) is 5.42. The minimum absolute atomic E-state index is 0.0197. The summed E-state index contributed by atoms with van der Waals surface area (Å²) in [5.41, 5.74) is 1.98. The molecule has 0 aliphatic rings. The third kappa shape index (κ3) is 3.44. The van der Waals surface area contributed by atoms with Crippen LogP contribution < -0.4 is 5.43 Å². The summed E-state index contributed by atoms with van der Waals surface area (Å²) in [6.45, 7) is 0. The van der Waals surface area contributed by atoms with Crippen LogP contribution >= 0.6 is 0 Å². The quantitative estimate of drug-likeness (QED) is 0.378. The van der Waals surface area contributed by atoms with E-state index in [9.17, 15) is 25.1 Å². The first-order valence-corrected chi connectivity index (χ1v) is 7.48. The summed E-state index contributed by atoms with van der Waals surface area (Å²) in [5, 5.41) is 35.6. The fraction of sp³-hybridized carbons (Fsp3) is 0. The van der Waals surface area contributed by atoms with Gasteiger partial charge >= 0.3 is 0 Å². The molecule has 0 unspecified atom stereocenters. The van der Waals surface area contributed by atoms with Crippen molar-refractivity contribution in [1.82, 2.24) is 5.43 Å². The van der Waals surface area contributed by atoms with Crippen molar-refractivity contribution in [2.75, 3.05) is 0 Å². The zero-order valence-electron chi connectivity index (χ0n) is 13.3. The summed E-state index contributed by atoms with van der Waals surface area (Å²) in [6.07, 6.45) is 1.05. The largest absolute Gasteiger partial charge is 0.508 e. The van der Waals surface area contributed by atoms with Gasteiger partial charge in [-0.2, -0.15) is 5.10 Å². The van der Waals surface area contributed by atoms with Crippen molar-refractivity contribution in [3.8, 4) is 11.5 Å². The van der Waals surface area contributed by atoms with E-state index in [2.05, 4.69) is 10.5 Å². The molecule has 26 heavy (non-hydrogen) atoms. The second-order valence-electron chi connectivity index (χ2n) is 5.42. The van der Waals surface area contributed by atoms with E-state index in [0.29, 0.717) is 0 Å². The van der Waals surface area contributed by atoms with Gasteiger partial charge in [-0.3, -0.25) is 14.9 Å². The van der Waals surface area contributed by atoms with Crippen LogP contribution in [0.1, 0.15) is 15.9 Å². The fourth-order valence-electron chi connectivity index (χ4n) is 2.44. The first-order valence-electron chi connectivity index (χ1n) is 7.48. The van der Waals surface area contributed by atoms with Crippen molar-refractivity contribution in [3.63, 3.8) is 0 Å². The van der Waals surface area contributed by atoms with Gasteiger partial charge in [-0.15, -0.1) is 0 Å². The lowest BCUT2D eigenvalue weighted by Crippen LogP contribution is -2.17. The molecular formula is C18H13N3O5. The van der Waals surface area contributed by atoms with Crippen LogP contribution in [0.15, 0.2) is 59.7 Å². The minimum atomic E-state index is -0.674. The fourth-order valence-corrected chi connectivity index (χ4v) is 2.44. The van der Waals surface area contributed by atoms with Crippen molar-refractivity contribution < 1.29 is 19.9 Å². The maximum atomic E-state index is 12.2. The van der Waals surface area contributed by atoms with Crippen LogP contribution in [-0.4, -0.2) is 27.3 Å². The Morgan fingerprint density at radius 1 is 1.08 bits per heavy atom. The van der Waals surface area contributed by atoms with Gasteiger partial charge in [-0.1, -0.05) is 24.3 Å². The van der Waals surface area contributed by atoms with Crippen LogP contribution in [0.25, 0.3) is 10.8 Å². The first kappa shape index (κ1) is 16.9. The Kier molecular flexibility index (Phi) is 4.48. The lowest BCUT2D eigenvalue weighted by molar-refractivity contribution is -0.385. The van der Waals surface area contributed by atoms with E-state index < -0.39 is 10.8 Å². The average Bonchev–Trinajstić information content (AvgIpc) is 2.60. The van der Waals surface area contributed by atoms with Gasteiger partial charge in [0.05, 0.1) is 22.3 Å². The number of benzene rings is 3. The summed E-state index contributed by atoms with van der Waals surface area (Å²) in [7, 11) is 0. The number of phenolic OH excluding ortho intramolecular Hbond substituents is 2. The Morgan fingerprint density at radius 2 is 1.77 bits per heavy atom. The van der Waals surface area contributed by atoms with Crippen molar-refractivity contribution in [2.45, 2.75) is 0 Å². The molecular weight excluding hydrogens is 338 g/mol. The molecule has 3 aromatic carbocycles.